The Morgan fingerprint density at radius 3 is 2.38 bits per heavy atom. The third kappa shape index (κ3) is 4.52. The standard InChI is InChI=1S/C14H18BrNO4S/c1-20-14(17)13(10-11-2-4-12(15)5-3-11)16-6-8-21(18,19)9-7-16/h2-5,13H,6-10H2,1H3. The SMILES string of the molecule is COC(=O)C(Cc1ccc(Br)cc1)N1CCS(=O)(=O)CC1. The first-order valence-electron chi connectivity index (χ1n) is 6.68. The fraction of sp³-hybridized carbons (Fsp3) is 0.500. The molecule has 116 valence electrons. The van der Waals surface area contributed by atoms with E-state index in [1.54, 1.807) is 0 Å². The topological polar surface area (TPSA) is 63.7 Å². The lowest BCUT2D eigenvalue weighted by Crippen LogP contribution is -2.50. The van der Waals surface area contributed by atoms with Crippen LogP contribution in [0.25, 0.3) is 0 Å². The van der Waals surface area contributed by atoms with Gasteiger partial charge in [0.25, 0.3) is 0 Å². The van der Waals surface area contributed by atoms with Gasteiger partial charge >= 0.3 is 5.97 Å². The van der Waals surface area contributed by atoms with Crippen LogP contribution in [0.2, 0.25) is 0 Å². The summed E-state index contributed by atoms with van der Waals surface area (Å²) in [6.07, 6.45) is 0.514. The maximum atomic E-state index is 12.0. The minimum atomic E-state index is -2.96. The second kappa shape index (κ2) is 6.89. The number of benzene rings is 1. The van der Waals surface area contributed by atoms with Crippen LogP contribution in [0, 0.1) is 0 Å². The van der Waals surface area contributed by atoms with Crippen molar-refractivity contribution >= 4 is 31.7 Å². The molecule has 0 radical (unpaired) electrons. The van der Waals surface area contributed by atoms with Gasteiger partial charge in [0.1, 0.15) is 6.04 Å². The van der Waals surface area contributed by atoms with E-state index in [4.69, 9.17) is 4.74 Å². The zero-order valence-corrected chi connectivity index (χ0v) is 14.2. The summed E-state index contributed by atoms with van der Waals surface area (Å²) in [5, 5.41) is 0. The average molecular weight is 376 g/mol. The fourth-order valence-electron chi connectivity index (χ4n) is 2.38. The van der Waals surface area contributed by atoms with Crippen LogP contribution in [0.15, 0.2) is 28.7 Å². The highest BCUT2D eigenvalue weighted by Gasteiger charge is 2.32. The van der Waals surface area contributed by atoms with Gasteiger partial charge in [0.05, 0.1) is 18.6 Å². The fourth-order valence-corrected chi connectivity index (χ4v) is 3.87. The molecule has 0 amide bonds. The first kappa shape index (κ1) is 16.5. The van der Waals surface area contributed by atoms with E-state index >= 15 is 0 Å². The molecule has 0 saturated carbocycles. The summed E-state index contributed by atoms with van der Waals surface area (Å²) in [5.74, 6) is -0.126. The Hall–Kier alpha value is -0.920. The average Bonchev–Trinajstić information content (AvgIpc) is 2.46. The number of esters is 1. The van der Waals surface area contributed by atoms with Crippen molar-refractivity contribution in [3.05, 3.63) is 34.3 Å². The maximum Gasteiger partial charge on any atom is 0.323 e. The van der Waals surface area contributed by atoms with Crippen molar-refractivity contribution in [1.29, 1.82) is 0 Å². The molecule has 7 heteroatoms. The van der Waals surface area contributed by atoms with E-state index in [9.17, 15) is 13.2 Å². The van der Waals surface area contributed by atoms with E-state index in [1.807, 2.05) is 29.2 Å². The number of ether oxygens (including phenoxy) is 1. The lowest BCUT2D eigenvalue weighted by Gasteiger charge is -2.32. The molecule has 1 saturated heterocycles. The first-order valence-corrected chi connectivity index (χ1v) is 9.29. The summed E-state index contributed by atoms with van der Waals surface area (Å²) in [6.45, 7) is 0.747. The van der Waals surface area contributed by atoms with Gasteiger partial charge in [-0.05, 0) is 24.1 Å². The van der Waals surface area contributed by atoms with Crippen molar-refractivity contribution in [3.8, 4) is 0 Å². The molecule has 1 atom stereocenters. The zero-order chi connectivity index (χ0) is 15.5. The lowest BCUT2D eigenvalue weighted by atomic mass is 10.0. The highest BCUT2D eigenvalue weighted by Crippen LogP contribution is 2.16. The van der Waals surface area contributed by atoms with Crippen LogP contribution >= 0.6 is 15.9 Å². The summed E-state index contributed by atoms with van der Waals surface area (Å²) in [7, 11) is -1.60. The molecular formula is C14H18BrNO4S. The van der Waals surface area contributed by atoms with Gasteiger partial charge in [0.15, 0.2) is 9.84 Å². The molecular weight excluding hydrogens is 358 g/mol. The van der Waals surface area contributed by atoms with E-state index < -0.39 is 15.9 Å². The van der Waals surface area contributed by atoms with Gasteiger partial charge in [0.2, 0.25) is 0 Å². The Morgan fingerprint density at radius 2 is 1.86 bits per heavy atom. The Labute approximate surface area is 133 Å². The second-order valence-corrected chi connectivity index (χ2v) is 8.28. The maximum absolute atomic E-state index is 12.0. The largest absolute Gasteiger partial charge is 0.468 e. The molecule has 0 aliphatic carbocycles. The number of rotatable bonds is 4. The van der Waals surface area contributed by atoms with Crippen LogP contribution in [-0.2, 0) is 25.8 Å². The molecule has 2 rings (SSSR count). The van der Waals surface area contributed by atoms with Gasteiger partial charge in [-0.1, -0.05) is 28.1 Å². The molecule has 1 aliphatic rings. The van der Waals surface area contributed by atoms with Crippen LogP contribution in [0.1, 0.15) is 5.56 Å². The van der Waals surface area contributed by atoms with Crippen LogP contribution in [0.5, 0.6) is 0 Å². The molecule has 0 N–H and O–H groups in total. The third-order valence-electron chi connectivity index (χ3n) is 3.64. The third-order valence-corrected chi connectivity index (χ3v) is 5.77. The predicted molar refractivity (Wildman–Crippen MR) is 83.9 cm³/mol. The van der Waals surface area contributed by atoms with Crippen molar-refractivity contribution in [3.63, 3.8) is 0 Å². The van der Waals surface area contributed by atoms with E-state index in [1.165, 1.54) is 7.11 Å². The summed E-state index contributed by atoms with van der Waals surface area (Å²) in [4.78, 5) is 13.9. The Bertz CT molecular complexity index is 586. The lowest BCUT2D eigenvalue weighted by molar-refractivity contribution is -0.146. The normalized spacial score (nSPS) is 19.9. The van der Waals surface area contributed by atoms with Gasteiger partial charge < -0.3 is 4.74 Å². The minimum Gasteiger partial charge on any atom is -0.468 e. The number of methoxy groups -OCH3 is 1. The van der Waals surface area contributed by atoms with Gasteiger partial charge in [0, 0.05) is 17.6 Å². The van der Waals surface area contributed by atoms with E-state index in [0.717, 1.165) is 10.0 Å². The van der Waals surface area contributed by atoms with E-state index in [2.05, 4.69) is 15.9 Å². The molecule has 0 bridgehead atoms. The summed E-state index contributed by atoms with van der Waals surface area (Å²) in [5.41, 5.74) is 1.02. The van der Waals surface area contributed by atoms with Crippen molar-refractivity contribution in [1.82, 2.24) is 4.90 Å². The quantitative estimate of drug-likeness (QED) is 0.741. The predicted octanol–water partition coefficient (Wildman–Crippen LogP) is 1.26. The Kier molecular flexibility index (Phi) is 5.40. The number of carbonyl (C=O) groups excluding carboxylic acids is 1. The van der Waals surface area contributed by atoms with Crippen LogP contribution < -0.4 is 0 Å². The smallest absolute Gasteiger partial charge is 0.323 e. The van der Waals surface area contributed by atoms with Crippen LogP contribution in [0.3, 0.4) is 0 Å². The molecule has 1 aromatic rings. The molecule has 1 unspecified atom stereocenters. The number of halogens is 1. The van der Waals surface area contributed by atoms with Gasteiger partial charge in [-0.3, -0.25) is 9.69 Å². The van der Waals surface area contributed by atoms with Crippen molar-refractivity contribution < 1.29 is 17.9 Å². The number of hydrogen-bond donors (Lipinski definition) is 0. The highest BCUT2D eigenvalue weighted by atomic mass is 79.9. The summed E-state index contributed by atoms with van der Waals surface area (Å²) in [6, 6.07) is 7.29. The zero-order valence-electron chi connectivity index (χ0n) is 11.8. The second-order valence-electron chi connectivity index (χ2n) is 5.06. The molecule has 0 aromatic heterocycles. The van der Waals surface area contributed by atoms with Gasteiger partial charge in [-0.2, -0.15) is 0 Å². The van der Waals surface area contributed by atoms with E-state index in [0.29, 0.717) is 19.5 Å². The summed E-state index contributed by atoms with van der Waals surface area (Å²) < 4.78 is 28.9. The number of sulfone groups is 1. The minimum absolute atomic E-state index is 0.0980. The number of hydrogen-bond acceptors (Lipinski definition) is 5. The number of nitrogens with zero attached hydrogens (tertiary/aromatic N) is 1. The first-order chi connectivity index (χ1) is 9.91. The molecule has 0 spiro atoms. The molecule has 1 heterocycles. The van der Waals surface area contributed by atoms with Crippen LogP contribution in [0.4, 0.5) is 0 Å². The highest BCUT2D eigenvalue weighted by molar-refractivity contribution is 9.10. The Balaban J connectivity index is 2.11. The van der Waals surface area contributed by atoms with Gasteiger partial charge in [-0.25, -0.2) is 8.42 Å². The number of carbonyl (C=O) groups is 1. The summed E-state index contributed by atoms with van der Waals surface area (Å²) >= 11 is 3.37. The molecule has 1 aliphatic heterocycles. The molecule has 1 fully saturated rings. The molecule has 1 aromatic carbocycles. The Morgan fingerprint density at radius 1 is 1.29 bits per heavy atom. The van der Waals surface area contributed by atoms with Gasteiger partial charge in [-0.15, -0.1) is 0 Å². The van der Waals surface area contributed by atoms with E-state index in [-0.39, 0.29) is 17.5 Å². The molecule has 5 nitrogen and oxygen atoms in total. The van der Waals surface area contributed by atoms with Crippen molar-refractivity contribution in [2.45, 2.75) is 12.5 Å². The van der Waals surface area contributed by atoms with Crippen LogP contribution in [-0.4, -0.2) is 57.0 Å². The van der Waals surface area contributed by atoms with Crippen molar-refractivity contribution in [2.75, 3.05) is 31.7 Å². The van der Waals surface area contributed by atoms with Crippen molar-refractivity contribution in [2.24, 2.45) is 0 Å². The molecule has 21 heavy (non-hydrogen) atoms. The monoisotopic (exact) mass is 375 g/mol.